The van der Waals surface area contributed by atoms with Gasteiger partial charge in [-0.3, -0.25) is 14.6 Å². The summed E-state index contributed by atoms with van der Waals surface area (Å²) in [5.74, 6) is -0.665. The van der Waals surface area contributed by atoms with Crippen molar-refractivity contribution in [3.63, 3.8) is 0 Å². The molecule has 1 unspecified atom stereocenters. The lowest BCUT2D eigenvalue weighted by molar-refractivity contribution is -0.120. The molecule has 0 saturated carbocycles. The molecule has 0 bridgehead atoms. The molecule has 37 heavy (non-hydrogen) atoms. The molecule has 0 radical (unpaired) electrons. The maximum atomic E-state index is 13.0. The van der Waals surface area contributed by atoms with Crippen molar-refractivity contribution in [3.05, 3.63) is 78.2 Å². The average Bonchev–Trinajstić information content (AvgIpc) is 2.88. The van der Waals surface area contributed by atoms with Gasteiger partial charge in [-0.25, -0.2) is 4.98 Å². The number of halogens is 2. The van der Waals surface area contributed by atoms with E-state index in [1.165, 1.54) is 36.0 Å². The fourth-order valence-electron chi connectivity index (χ4n) is 3.11. The van der Waals surface area contributed by atoms with E-state index in [1.807, 2.05) is 19.0 Å². The second kappa shape index (κ2) is 14.2. The third-order valence-corrected chi connectivity index (χ3v) is 6.08. The maximum Gasteiger partial charge on any atom is 0.387 e. The molecule has 196 valence electrons. The number of pyridine rings is 2. The molecule has 1 atom stereocenters. The first-order valence-electron chi connectivity index (χ1n) is 11.3. The predicted molar refractivity (Wildman–Crippen MR) is 138 cm³/mol. The number of anilines is 1. The fourth-order valence-corrected chi connectivity index (χ4v) is 4.22. The predicted octanol–water partition coefficient (Wildman–Crippen LogP) is 3.39. The zero-order valence-electron chi connectivity index (χ0n) is 20.4. The smallest absolute Gasteiger partial charge is 0.387 e. The summed E-state index contributed by atoms with van der Waals surface area (Å²) in [4.78, 5) is 36.1. The number of nitrogens with one attached hydrogen (secondary N) is 3. The summed E-state index contributed by atoms with van der Waals surface area (Å²) in [7, 11) is 3.91. The van der Waals surface area contributed by atoms with Gasteiger partial charge in [0.05, 0.1) is 12.1 Å². The number of amides is 2. The molecule has 0 saturated heterocycles. The number of carbonyl (C=O) groups is 2. The van der Waals surface area contributed by atoms with Crippen molar-refractivity contribution in [1.29, 1.82) is 0 Å². The van der Waals surface area contributed by atoms with Crippen molar-refractivity contribution in [2.24, 2.45) is 0 Å². The van der Waals surface area contributed by atoms with Gasteiger partial charge in [0.25, 0.3) is 5.91 Å². The number of nitrogens with zero attached hydrogens (tertiary/aromatic N) is 3. The van der Waals surface area contributed by atoms with Crippen molar-refractivity contribution in [2.45, 2.75) is 17.0 Å². The highest BCUT2D eigenvalue weighted by atomic mass is 32.2. The van der Waals surface area contributed by atoms with Gasteiger partial charge < -0.3 is 25.6 Å². The monoisotopic (exact) mass is 530 g/mol. The average molecular weight is 531 g/mol. The van der Waals surface area contributed by atoms with E-state index in [9.17, 15) is 18.4 Å². The molecule has 3 N–H and O–H groups in total. The Morgan fingerprint density at radius 3 is 2.46 bits per heavy atom. The first-order valence-corrected chi connectivity index (χ1v) is 12.2. The maximum absolute atomic E-state index is 13.0. The lowest BCUT2D eigenvalue weighted by Crippen LogP contribution is -2.37. The normalized spacial score (nSPS) is 11.8. The Labute approximate surface area is 218 Å². The standard InChI is InChI=1S/C25H28F2N6O3S/c1-33(2)15-14-29-16-21(34)32-23(17-9-12-28-13-10-17)37-24-20(4-3-11-30-24)22(35)31-18-5-7-19(8-6-18)36-25(26)27/h3-13,23,25,29H,14-16H2,1-2H3,(H,31,35)(H,32,34). The van der Waals surface area contributed by atoms with Crippen LogP contribution in [0.5, 0.6) is 5.75 Å². The Hall–Kier alpha value is -3.61. The van der Waals surface area contributed by atoms with Crippen molar-refractivity contribution in [1.82, 2.24) is 25.5 Å². The largest absolute Gasteiger partial charge is 0.435 e. The van der Waals surface area contributed by atoms with Gasteiger partial charge in [0, 0.05) is 37.4 Å². The van der Waals surface area contributed by atoms with Crippen molar-refractivity contribution in [3.8, 4) is 5.75 Å². The zero-order valence-corrected chi connectivity index (χ0v) is 21.2. The second-order valence-corrected chi connectivity index (χ2v) is 9.13. The van der Waals surface area contributed by atoms with E-state index < -0.39 is 17.9 Å². The van der Waals surface area contributed by atoms with E-state index in [0.29, 0.717) is 17.3 Å². The Balaban J connectivity index is 1.72. The van der Waals surface area contributed by atoms with E-state index >= 15 is 0 Å². The van der Waals surface area contributed by atoms with Crippen LogP contribution < -0.4 is 20.7 Å². The number of aromatic nitrogens is 2. The second-order valence-electron chi connectivity index (χ2n) is 8.04. The lowest BCUT2D eigenvalue weighted by atomic mass is 10.2. The number of alkyl halides is 2. The van der Waals surface area contributed by atoms with Crippen LogP contribution in [0.2, 0.25) is 0 Å². The van der Waals surface area contributed by atoms with Crippen LogP contribution in [-0.4, -0.2) is 67.0 Å². The first kappa shape index (κ1) is 28.0. The highest BCUT2D eigenvalue weighted by Gasteiger charge is 2.21. The third kappa shape index (κ3) is 9.41. The molecule has 0 aliphatic rings. The highest BCUT2D eigenvalue weighted by Crippen LogP contribution is 2.34. The van der Waals surface area contributed by atoms with Crippen LogP contribution in [0, 0.1) is 0 Å². The molecule has 0 fully saturated rings. The number of hydrogen-bond donors (Lipinski definition) is 3. The Bertz CT molecular complexity index is 1150. The third-order valence-electron chi connectivity index (χ3n) is 4.90. The van der Waals surface area contributed by atoms with Gasteiger partial charge in [-0.05, 0) is 68.2 Å². The van der Waals surface area contributed by atoms with E-state index in [4.69, 9.17) is 0 Å². The van der Waals surface area contributed by atoms with Crippen LogP contribution in [0.3, 0.4) is 0 Å². The Morgan fingerprint density at radius 2 is 1.78 bits per heavy atom. The quantitative estimate of drug-likeness (QED) is 0.175. The van der Waals surface area contributed by atoms with Gasteiger partial charge in [0.15, 0.2) is 0 Å². The first-order chi connectivity index (χ1) is 17.8. The van der Waals surface area contributed by atoms with Gasteiger partial charge in [0.1, 0.15) is 16.1 Å². The van der Waals surface area contributed by atoms with Gasteiger partial charge in [-0.1, -0.05) is 11.8 Å². The molecular weight excluding hydrogens is 502 g/mol. The minimum Gasteiger partial charge on any atom is -0.435 e. The van der Waals surface area contributed by atoms with Crippen LogP contribution in [0.4, 0.5) is 14.5 Å². The molecule has 0 spiro atoms. The highest BCUT2D eigenvalue weighted by molar-refractivity contribution is 7.99. The van der Waals surface area contributed by atoms with E-state index in [2.05, 4.69) is 30.7 Å². The number of thioether (sulfide) groups is 1. The van der Waals surface area contributed by atoms with Crippen LogP contribution in [0.15, 0.2) is 72.1 Å². The van der Waals surface area contributed by atoms with Crippen molar-refractivity contribution in [2.75, 3.05) is 39.0 Å². The number of likely N-dealkylation sites (N-methyl/N-ethyl adjacent to an activating group) is 1. The molecule has 1 aromatic carbocycles. The summed E-state index contributed by atoms with van der Waals surface area (Å²) in [5.41, 5.74) is 1.47. The summed E-state index contributed by atoms with van der Waals surface area (Å²) >= 11 is 1.22. The van der Waals surface area contributed by atoms with Crippen LogP contribution in [0.25, 0.3) is 0 Å². The van der Waals surface area contributed by atoms with E-state index in [1.54, 1.807) is 42.9 Å². The number of benzene rings is 1. The summed E-state index contributed by atoms with van der Waals surface area (Å²) in [6.07, 6.45) is 4.81. The van der Waals surface area contributed by atoms with Gasteiger partial charge in [-0.2, -0.15) is 8.78 Å². The molecule has 2 aromatic heterocycles. The minimum absolute atomic E-state index is 0.0160. The SMILES string of the molecule is CN(C)CCNCC(=O)NC(Sc1ncccc1C(=O)Nc1ccc(OC(F)F)cc1)c1ccncc1. The van der Waals surface area contributed by atoms with Gasteiger partial charge in [-0.15, -0.1) is 0 Å². The summed E-state index contributed by atoms with van der Waals surface area (Å²) in [6, 6.07) is 12.4. The van der Waals surface area contributed by atoms with Crippen LogP contribution in [-0.2, 0) is 4.79 Å². The van der Waals surface area contributed by atoms with Crippen LogP contribution in [0.1, 0.15) is 21.3 Å². The van der Waals surface area contributed by atoms with Crippen molar-refractivity contribution >= 4 is 29.3 Å². The molecule has 2 amide bonds. The molecular formula is C25H28F2N6O3S. The van der Waals surface area contributed by atoms with Gasteiger partial charge in [0.2, 0.25) is 5.91 Å². The lowest BCUT2D eigenvalue weighted by Gasteiger charge is -2.20. The number of rotatable bonds is 13. The van der Waals surface area contributed by atoms with Crippen LogP contribution >= 0.6 is 11.8 Å². The number of hydrogen-bond acceptors (Lipinski definition) is 8. The summed E-state index contributed by atoms with van der Waals surface area (Å²) in [5, 5.41) is 8.69. The summed E-state index contributed by atoms with van der Waals surface area (Å²) in [6.45, 7) is -1.34. The van der Waals surface area contributed by atoms with Crippen molar-refractivity contribution < 1.29 is 23.1 Å². The molecule has 12 heteroatoms. The molecule has 0 aliphatic heterocycles. The molecule has 9 nitrogen and oxygen atoms in total. The molecule has 2 heterocycles. The Morgan fingerprint density at radius 1 is 1.05 bits per heavy atom. The summed E-state index contributed by atoms with van der Waals surface area (Å²) < 4.78 is 29.1. The Kier molecular flexibility index (Phi) is 10.7. The zero-order chi connectivity index (χ0) is 26.6. The van der Waals surface area contributed by atoms with E-state index in [-0.39, 0.29) is 23.8 Å². The minimum atomic E-state index is -2.93. The van der Waals surface area contributed by atoms with E-state index in [0.717, 1.165) is 12.1 Å². The molecule has 3 rings (SSSR count). The molecule has 3 aromatic rings. The van der Waals surface area contributed by atoms with Gasteiger partial charge >= 0.3 is 6.61 Å². The molecule has 0 aliphatic carbocycles. The fraction of sp³-hybridized carbons (Fsp3) is 0.280. The number of ether oxygens (including phenoxy) is 1. The number of carbonyl (C=O) groups excluding carboxylic acids is 2. The topological polar surface area (TPSA) is 108 Å².